The first-order valence-electron chi connectivity index (χ1n) is 9.89. The Morgan fingerprint density at radius 2 is 2.08 bits per heavy atom. The first-order valence-corrected chi connectivity index (χ1v) is 9.89. The molecule has 0 saturated carbocycles. The van der Waals surface area contributed by atoms with E-state index in [1.807, 2.05) is 6.08 Å². The Kier molecular flexibility index (Phi) is 5.23. The minimum absolute atomic E-state index is 0.578. The fourth-order valence-corrected chi connectivity index (χ4v) is 4.59. The second kappa shape index (κ2) is 7.77. The summed E-state index contributed by atoms with van der Waals surface area (Å²) in [7, 11) is 0. The Morgan fingerprint density at radius 1 is 1.23 bits per heavy atom. The Hall–Kier alpha value is -1.91. The van der Waals surface area contributed by atoms with Gasteiger partial charge in [0.05, 0.1) is 12.7 Å². The molecule has 0 spiro atoms. The van der Waals surface area contributed by atoms with Crippen molar-refractivity contribution >= 4 is 0 Å². The molecule has 26 heavy (non-hydrogen) atoms. The van der Waals surface area contributed by atoms with Crippen LogP contribution in [-0.4, -0.2) is 51.3 Å². The summed E-state index contributed by atoms with van der Waals surface area (Å²) in [5, 5.41) is 4.55. The first-order chi connectivity index (χ1) is 12.7. The molecule has 3 heterocycles. The average molecular weight is 351 g/mol. The molecule has 4 heteroatoms. The minimum atomic E-state index is 0.578. The van der Waals surface area contributed by atoms with Gasteiger partial charge >= 0.3 is 0 Å². The maximum absolute atomic E-state index is 4.55. The monoisotopic (exact) mass is 350 g/mol. The molecule has 2 saturated heterocycles. The summed E-state index contributed by atoms with van der Waals surface area (Å²) in [6.45, 7) is 11.5. The molecule has 0 amide bonds. The van der Waals surface area contributed by atoms with Crippen LogP contribution in [0.2, 0.25) is 0 Å². The van der Waals surface area contributed by atoms with Gasteiger partial charge in [0.2, 0.25) is 0 Å². The van der Waals surface area contributed by atoms with Crippen LogP contribution in [0.1, 0.15) is 29.7 Å². The molecule has 1 aromatic heterocycles. The van der Waals surface area contributed by atoms with Crippen LogP contribution in [0.4, 0.5) is 0 Å². The molecular formula is C22H30N4. The lowest BCUT2D eigenvalue weighted by molar-refractivity contribution is 0.0454. The SMILES string of the molecule is C=CCn1ncc(CN2C[C@@H]3CCCN3C[C@@H]2Cc2ccccc2)c1C. The molecule has 2 aromatic rings. The summed E-state index contributed by atoms with van der Waals surface area (Å²) in [6.07, 6.45) is 7.80. The van der Waals surface area contributed by atoms with E-state index in [1.54, 1.807) is 0 Å². The van der Waals surface area contributed by atoms with Gasteiger partial charge in [0.25, 0.3) is 0 Å². The van der Waals surface area contributed by atoms with E-state index in [0.717, 1.165) is 25.6 Å². The molecule has 0 unspecified atom stereocenters. The van der Waals surface area contributed by atoms with Crippen LogP contribution in [0.15, 0.2) is 49.2 Å². The van der Waals surface area contributed by atoms with Crippen molar-refractivity contribution < 1.29 is 0 Å². The van der Waals surface area contributed by atoms with Crippen molar-refractivity contribution in [2.75, 3.05) is 19.6 Å². The molecule has 2 fully saturated rings. The number of hydrogen-bond acceptors (Lipinski definition) is 3. The van der Waals surface area contributed by atoms with Gasteiger partial charge in [-0.1, -0.05) is 36.4 Å². The Balaban J connectivity index is 1.53. The van der Waals surface area contributed by atoms with Crippen LogP contribution in [0.3, 0.4) is 0 Å². The fraction of sp³-hybridized carbons (Fsp3) is 0.500. The lowest BCUT2D eigenvalue weighted by Crippen LogP contribution is -2.56. The highest BCUT2D eigenvalue weighted by molar-refractivity contribution is 5.19. The highest BCUT2D eigenvalue weighted by Gasteiger charge is 2.36. The largest absolute Gasteiger partial charge is 0.298 e. The van der Waals surface area contributed by atoms with Crippen molar-refractivity contribution in [3.05, 3.63) is 66.0 Å². The summed E-state index contributed by atoms with van der Waals surface area (Å²) in [4.78, 5) is 5.43. The Morgan fingerprint density at radius 3 is 2.88 bits per heavy atom. The van der Waals surface area contributed by atoms with E-state index < -0.39 is 0 Å². The van der Waals surface area contributed by atoms with E-state index >= 15 is 0 Å². The van der Waals surface area contributed by atoms with Crippen molar-refractivity contribution in [1.82, 2.24) is 19.6 Å². The van der Waals surface area contributed by atoms with Crippen molar-refractivity contribution in [2.24, 2.45) is 0 Å². The predicted molar refractivity (Wildman–Crippen MR) is 106 cm³/mol. The van der Waals surface area contributed by atoms with Gasteiger partial charge in [0.15, 0.2) is 0 Å². The highest BCUT2D eigenvalue weighted by Crippen LogP contribution is 2.28. The number of aromatic nitrogens is 2. The molecule has 0 N–H and O–H groups in total. The van der Waals surface area contributed by atoms with Crippen LogP contribution in [0, 0.1) is 6.92 Å². The van der Waals surface area contributed by atoms with Crippen molar-refractivity contribution in [1.29, 1.82) is 0 Å². The quantitative estimate of drug-likeness (QED) is 0.748. The molecule has 138 valence electrons. The zero-order chi connectivity index (χ0) is 17.9. The maximum atomic E-state index is 4.55. The normalized spacial score (nSPS) is 23.9. The van der Waals surface area contributed by atoms with Crippen LogP contribution >= 0.6 is 0 Å². The van der Waals surface area contributed by atoms with Gasteiger partial charge in [0, 0.05) is 43.0 Å². The number of rotatable bonds is 6. The summed E-state index contributed by atoms with van der Waals surface area (Å²) in [5.74, 6) is 0. The molecule has 4 nitrogen and oxygen atoms in total. The number of hydrogen-bond donors (Lipinski definition) is 0. The minimum Gasteiger partial charge on any atom is -0.298 e. The van der Waals surface area contributed by atoms with Gasteiger partial charge in [-0.3, -0.25) is 14.5 Å². The maximum Gasteiger partial charge on any atom is 0.0590 e. The fourth-order valence-electron chi connectivity index (χ4n) is 4.59. The molecular weight excluding hydrogens is 320 g/mol. The molecule has 0 bridgehead atoms. The molecule has 4 rings (SSSR count). The lowest BCUT2D eigenvalue weighted by atomic mass is 9.99. The third-order valence-electron chi connectivity index (χ3n) is 6.10. The van der Waals surface area contributed by atoms with Gasteiger partial charge in [-0.05, 0) is 38.3 Å². The van der Waals surface area contributed by atoms with Gasteiger partial charge in [0.1, 0.15) is 0 Å². The average Bonchev–Trinajstić information content (AvgIpc) is 3.24. The smallest absolute Gasteiger partial charge is 0.0590 e. The zero-order valence-electron chi connectivity index (χ0n) is 15.8. The molecule has 2 aliphatic heterocycles. The molecule has 0 aliphatic carbocycles. The third-order valence-corrected chi connectivity index (χ3v) is 6.10. The van der Waals surface area contributed by atoms with Crippen LogP contribution in [0.25, 0.3) is 0 Å². The van der Waals surface area contributed by atoms with Crippen LogP contribution in [0.5, 0.6) is 0 Å². The molecule has 2 atom stereocenters. The molecule has 0 radical (unpaired) electrons. The van der Waals surface area contributed by atoms with E-state index in [-0.39, 0.29) is 0 Å². The summed E-state index contributed by atoms with van der Waals surface area (Å²) < 4.78 is 2.06. The van der Waals surface area contributed by atoms with Crippen molar-refractivity contribution in [3.63, 3.8) is 0 Å². The highest BCUT2D eigenvalue weighted by atomic mass is 15.3. The van der Waals surface area contributed by atoms with Gasteiger partial charge in [-0.2, -0.15) is 5.10 Å². The lowest BCUT2D eigenvalue weighted by Gasteiger charge is -2.44. The Bertz CT molecular complexity index is 736. The van der Waals surface area contributed by atoms with E-state index in [1.165, 1.54) is 49.3 Å². The van der Waals surface area contributed by atoms with Gasteiger partial charge < -0.3 is 0 Å². The second-order valence-electron chi connectivity index (χ2n) is 7.79. The van der Waals surface area contributed by atoms with E-state index in [9.17, 15) is 0 Å². The number of allylic oxidation sites excluding steroid dienone is 1. The summed E-state index contributed by atoms with van der Waals surface area (Å²) in [5.41, 5.74) is 4.08. The second-order valence-corrected chi connectivity index (χ2v) is 7.79. The van der Waals surface area contributed by atoms with E-state index in [4.69, 9.17) is 0 Å². The van der Waals surface area contributed by atoms with E-state index in [0.29, 0.717) is 6.04 Å². The third kappa shape index (κ3) is 3.62. The number of benzene rings is 1. The van der Waals surface area contributed by atoms with Gasteiger partial charge in [-0.15, -0.1) is 6.58 Å². The number of piperazine rings is 1. The van der Waals surface area contributed by atoms with E-state index in [2.05, 4.69) is 69.6 Å². The summed E-state index contributed by atoms with van der Waals surface area (Å²) >= 11 is 0. The predicted octanol–water partition coefficient (Wildman–Crippen LogP) is 3.27. The van der Waals surface area contributed by atoms with Crippen molar-refractivity contribution in [2.45, 2.75) is 51.4 Å². The first kappa shape index (κ1) is 17.5. The summed E-state index contributed by atoms with van der Waals surface area (Å²) in [6, 6.07) is 12.3. The number of nitrogens with zero attached hydrogens (tertiary/aromatic N) is 4. The van der Waals surface area contributed by atoms with Crippen LogP contribution in [-0.2, 0) is 19.5 Å². The molecule has 1 aromatic carbocycles. The van der Waals surface area contributed by atoms with Crippen LogP contribution < -0.4 is 0 Å². The van der Waals surface area contributed by atoms with Crippen molar-refractivity contribution in [3.8, 4) is 0 Å². The standard InChI is InChI=1S/C22H30N4/c1-3-11-26-18(2)20(14-23-26)15-25-16-21-10-7-12-24(21)17-22(25)13-19-8-5-4-6-9-19/h3-6,8-9,14,21-22H,1,7,10-13,15-17H2,2H3/t21-,22-/m0/s1. The van der Waals surface area contributed by atoms with Gasteiger partial charge in [-0.25, -0.2) is 0 Å². The topological polar surface area (TPSA) is 24.3 Å². The number of fused-ring (bicyclic) bond motifs is 1. The zero-order valence-corrected chi connectivity index (χ0v) is 15.8. The Labute approximate surface area is 157 Å². The molecule has 2 aliphatic rings.